The van der Waals surface area contributed by atoms with E-state index in [0.29, 0.717) is 11.8 Å². The van der Waals surface area contributed by atoms with E-state index in [-0.39, 0.29) is 6.10 Å². The minimum atomic E-state index is -0.0666. The normalized spacial score (nSPS) is 33.3. The molecule has 3 unspecified atom stereocenters. The summed E-state index contributed by atoms with van der Waals surface area (Å²) in [5.74, 6) is 1.95. The van der Waals surface area contributed by atoms with Crippen LogP contribution in [-0.2, 0) is 6.42 Å². The fraction of sp³-hybridized carbons (Fsp3) is 0.700. The van der Waals surface area contributed by atoms with Gasteiger partial charge in [0.1, 0.15) is 0 Å². The van der Waals surface area contributed by atoms with Crippen molar-refractivity contribution in [1.29, 1.82) is 0 Å². The minimum Gasteiger partial charge on any atom is -0.393 e. The van der Waals surface area contributed by atoms with E-state index in [1.807, 2.05) is 0 Å². The molecule has 114 valence electrons. The Labute approximate surface area is 128 Å². The van der Waals surface area contributed by atoms with Gasteiger partial charge in [0.25, 0.3) is 0 Å². The van der Waals surface area contributed by atoms with Gasteiger partial charge >= 0.3 is 0 Å². The fourth-order valence-corrected chi connectivity index (χ4v) is 5.17. The third kappa shape index (κ3) is 2.54. The largest absolute Gasteiger partial charge is 0.393 e. The van der Waals surface area contributed by atoms with Crippen LogP contribution in [0.1, 0.15) is 86.3 Å². The van der Waals surface area contributed by atoms with Crippen molar-refractivity contribution in [3.63, 3.8) is 0 Å². The van der Waals surface area contributed by atoms with Gasteiger partial charge in [-0.15, -0.1) is 0 Å². The summed E-state index contributed by atoms with van der Waals surface area (Å²) in [6, 6.07) is 7.32. The molecular formula is C20H28O. The van der Waals surface area contributed by atoms with E-state index >= 15 is 0 Å². The van der Waals surface area contributed by atoms with Gasteiger partial charge in [0.05, 0.1) is 6.10 Å². The molecule has 0 spiro atoms. The molecule has 4 rings (SSSR count). The summed E-state index contributed by atoms with van der Waals surface area (Å²) in [6.07, 6.45) is 12.9. The monoisotopic (exact) mass is 284 g/mol. The zero-order valence-electron chi connectivity index (χ0n) is 13.1. The van der Waals surface area contributed by atoms with Gasteiger partial charge in [-0.2, -0.15) is 0 Å². The van der Waals surface area contributed by atoms with Crippen LogP contribution in [0.4, 0.5) is 0 Å². The molecule has 3 aliphatic carbocycles. The smallest absolute Gasteiger partial charge is 0.0577 e. The zero-order chi connectivity index (χ0) is 14.2. The summed E-state index contributed by atoms with van der Waals surface area (Å²) in [6.45, 7) is 0. The van der Waals surface area contributed by atoms with E-state index in [2.05, 4.69) is 18.2 Å². The first kappa shape index (κ1) is 13.8. The Morgan fingerprint density at radius 2 is 1.62 bits per heavy atom. The van der Waals surface area contributed by atoms with Crippen molar-refractivity contribution in [3.8, 4) is 0 Å². The summed E-state index contributed by atoms with van der Waals surface area (Å²) < 4.78 is 0. The molecule has 0 radical (unpaired) electrons. The van der Waals surface area contributed by atoms with E-state index in [4.69, 9.17) is 0 Å². The Bertz CT molecular complexity index is 501. The third-order valence-electron chi connectivity index (χ3n) is 6.38. The highest BCUT2D eigenvalue weighted by molar-refractivity contribution is 5.41. The molecule has 1 aromatic rings. The molecule has 0 amide bonds. The lowest BCUT2D eigenvalue weighted by molar-refractivity contribution is 0.0971. The molecule has 1 heteroatoms. The van der Waals surface area contributed by atoms with Crippen LogP contribution >= 0.6 is 0 Å². The van der Waals surface area contributed by atoms with Crippen molar-refractivity contribution in [1.82, 2.24) is 0 Å². The second-order valence-electron chi connectivity index (χ2n) is 7.62. The first-order valence-corrected chi connectivity index (χ1v) is 9.14. The van der Waals surface area contributed by atoms with Gasteiger partial charge in [0, 0.05) is 0 Å². The molecule has 0 heterocycles. The average molecular weight is 284 g/mol. The summed E-state index contributed by atoms with van der Waals surface area (Å²) >= 11 is 0. The first-order valence-electron chi connectivity index (χ1n) is 9.14. The van der Waals surface area contributed by atoms with Gasteiger partial charge in [-0.05, 0) is 66.5 Å². The molecule has 21 heavy (non-hydrogen) atoms. The fourth-order valence-electron chi connectivity index (χ4n) is 5.17. The van der Waals surface area contributed by atoms with Gasteiger partial charge in [-0.3, -0.25) is 0 Å². The number of hydrogen-bond acceptors (Lipinski definition) is 1. The van der Waals surface area contributed by atoms with Gasteiger partial charge < -0.3 is 5.11 Å². The number of rotatable bonds is 1. The van der Waals surface area contributed by atoms with Crippen LogP contribution in [0.25, 0.3) is 0 Å². The topological polar surface area (TPSA) is 20.2 Å². The predicted octanol–water partition coefficient (Wildman–Crippen LogP) is 4.93. The van der Waals surface area contributed by atoms with E-state index in [1.165, 1.54) is 56.9 Å². The van der Waals surface area contributed by atoms with Crippen LogP contribution in [0.3, 0.4) is 0 Å². The number of aliphatic hydroxyl groups excluding tert-OH is 1. The molecule has 1 aromatic carbocycles. The van der Waals surface area contributed by atoms with E-state index < -0.39 is 0 Å². The van der Waals surface area contributed by atoms with Gasteiger partial charge in [0.2, 0.25) is 0 Å². The summed E-state index contributed by atoms with van der Waals surface area (Å²) in [7, 11) is 0. The van der Waals surface area contributed by atoms with Crippen LogP contribution < -0.4 is 0 Å². The molecule has 2 saturated carbocycles. The predicted molar refractivity (Wildman–Crippen MR) is 86.7 cm³/mol. The Balaban J connectivity index is 1.63. The molecule has 3 atom stereocenters. The Hall–Kier alpha value is -0.820. The second kappa shape index (κ2) is 5.76. The molecule has 2 fully saturated rings. The maximum absolute atomic E-state index is 10.4. The number of hydrogen-bond donors (Lipinski definition) is 1. The van der Waals surface area contributed by atoms with E-state index in [1.54, 1.807) is 11.1 Å². The molecule has 0 bridgehead atoms. The average Bonchev–Trinajstić information content (AvgIpc) is 2.80. The summed E-state index contributed by atoms with van der Waals surface area (Å²) in [4.78, 5) is 0. The van der Waals surface area contributed by atoms with Gasteiger partial charge in [-0.1, -0.05) is 50.3 Å². The minimum absolute atomic E-state index is 0.0666. The zero-order valence-corrected chi connectivity index (χ0v) is 13.1. The number of benzene rings is 1. The molecule has 0 saturated heterocycles. The quantitative estimate of drug-likeness (QED) is 0.775. The van der Waals surface area contributed by atoms with Crippen LogP contribution in [0.15, 0.2) is 18.2 Å². The Morgan fingerprint density at radius 1 is 0.857 bits per heavy atom. The Kier molecular flexibility index (Phi) is 3.79. The molecule has 1 nitrogen and oxygen atoms in total. The van der Waals surface area contributed by atoms with E-state index in [0.717, 1.165) is 18.8 Å². The van der Waals surface area contributed by atoms with Crippen molar-refractivity contribution < 1.29 is 5.11 Å². The van der Waals surface area contributed by atoms with Crippen molar-refractivity contribution in [2.24, 2.45) is 5.92 Å². The van der Waals surface area contributed by atoms with Crippen LogP contribution in [0.5, 0.6) is 0 Å². The molecular weight excluding hydrogens is 256 g/mol. The maximum Gasteiger partial charge on any atom is 0.0577 e. The van der Waals surface area contributed by atoms with Gasteiger partial charge in [-0.25, -0.2) is 0 Å². The van der Waals surface area contributed by atoms with Crippen molar-refractivity contribution in [2.45, 2.75) is 82.1 Å². The lowest BCUT2D eigenvalue weighted by Crippen LogP contribution is -2.22. The SMILES string of the molecule is OC1CCCCC2c3cc(C4CCCCC4)ccc3CC12. The highest BCUT2D eigenvalue weighted by atomic mass is 16.3. The second-order valence-corrected chi connectivity index (χ2v) is 7.62. The summed E-state index contributed by atoms with van der Waals surface area (Å²) in [5, 5.41) is 10.4. The van der Waals surface area contributed by atoms with Crippen molar-refractivity contribution in [2.75, 3.05) is 0 Å². The Morgan fingerprint density at radius 3 is 2.48 bits per heavy atom. The van der Waals surface area contributed by atoms with Crippen LogP contribution in [-0.4, -0.2) is 11.2 Å². The molecule has 0 aliphatic heterocycles. The molecule has 3 aliphatic rings. The van der Waals surface area contributed by atoms with Crippen molar-refractivity contribution in [3.05, 3.63) is 34.9 Å². The maximum atomic E-state index is 10.4. The van der Waals surface area contributed by atoms with Crippen LogP contribution in [0.2, 0.25) is 0 Å². The number of aliphatic hydroxyl groups is 1. The van der Waals surface area contributed by atoms with E-state index in [9.17, 15) is 5.11 Å². The van der Waals surface area contributed by atoms with Crippen LogP contribution in [0, 0.1) is 5.92 Å². The highest BCUT2D eigenvalue weighted by Gasteiger charge is 2.38. The van der Waals surface area contributed by atoms with Gasteiger partial charge in [0.15, 0.2) is 0 Å². The molecule has 1 N–H and O–H groups in total. The standard InChI is InChI=1S/C20H28O/c21-20-9-5-4-8-17-18-12-15(14-6-2-1-3-7-14)10-11-16(18)13-19(17)20/h10-12,14,17,19-21H,1-9,13H2. The lowest BCUT2D eigenvalue weighted by Gasteiger charge is -2.24. The first-order chi connectivity index (χ1) is 10.3. The third-order valence-corrected chi connectivity index (χ3v) is 6.38. The highest BCUT2D eigenvalue weighted by Crippen LogP contribution is 2.47. The molecule has 0 aromatic heterocycles. The number of fused-ring (bicyclic) bond motifs is 3. The van der Waals surface area contributed by atoms with Crippen molar-refractivity contribution >= 4 is 0 Å². The summed E-state index contributed by atoms with van der Waals surface area (Å²) in [5.41, 5.74) is 4.72. The lowest BCUT2D eigenvalue weighted by atomic mass is 9.82.